The smallest absolute Gasteiger partial charge is 0.282 e. The number of amides is 3. The number of hydrogen-bond acceptors (Lipinski definition) is 8. The van der Waals surface area contributed by atoms with E-state index in [4.69, 9.17) is 14.7 Å². The summed E-state index contributed by atoms with van der Waals surface area (Å²) >= 11 is 0. The number of methoxy groups -OCH3 is 1. The fourth-order valence-corrected chi connectivity index (χ4v) is 3.47. The van der Waals surface area contributed by atoms with Crippen LogP contribution >= 0.6 is 0 Å². The van der Waals surface area contributed by atoms with Gasteiger partial charge < -0.3 is 9.47 Å². The highest BCUT2D eigenvalue weighted by Crippen LogP contribution is 2.39. The Morgan fingerprint density at radius 3 is 2.58 bits per heavy atom. The Morgan fingerprint density at radius 2 is 1.97 bits per heavy atom. The lowest BCUT2D eigenvalue weighted by Crippen LogP contribution is -2.37. The number of nitro groups is 1. The summed E-state index contributed by atoms with van der Waals surface area (Å²) in [5.74, 6) is -1.83. The first-order chi connectivity index (χ1) is 14.8. The molecule has 3 rings (SSSR count). The van der Waals surface area contributed by atoms with Gasteiger partial charge in [-0.05, 0) is 30.7 Å². The van der Waals surface area contributed by atoms with Crippen LogP contribution in [-0.2, 0) is 4.79 Å². The molecule has 1 unspecified atom stereocenters. The van der Waals surface area contributed by atoms with Crippen LogP contribution in [0.15, 0.2) is 36.4 Å². The first-order valence-corrected chi connectivity index (χ1v) is 9.22. The van der Waals surface area contributed by atoms with Crippen molar-refractivity contribution in [1.29, 1.82) is 0 Å². The van der Waals surface area contributed by atoms with E-state index in [9.17, 15) is 24.5 Å². The molecule has 1 atom stereocenters. The average Bonchev–Trinajstić information content (AvgIpc) is 3.02. The van der Waals surface area contributed by atoms with Crippen LogP contribution in [0.4, 0.5) is 5.69 Å². The van der Waals surface area contributed by atoms with Crippen molar-refractivity contribution in [2.75, 3.05) is 13.7 Å². The van der Waals surface area contributed by atoms with Gasteiger partial charge in [-0.1, -0.05) is 12.1 Å². The monoisotopic (exact) mass is 429 g/mol. The van der Waals surface area contributed by atoms with Crippen LogP contribution in [0.2, 0.25) is 0 Å². The Morgan fingerprint density at radius 1 is 1.23 bits per heavy atom. The summed E-state index contributed by atoms with van der Waals surface area (Å²) in [6, 6.07) is 7.18. The van der Waals surface area contributed by atoms with Crippen molar-refractivity contribution in [2.24, 2.45) is 0 Å². The Hall–Kier alpha value is -3.99. The molecule has 0 saturated heterocycles. The molecule has 3 amide bonds. The summed E-state index contributed by atoms with van der Waals surface area (Å²) in [6.07, 6.45) is -0.479. The number of benzene rings is 2. The van der Waals surface area contributed by atoms with E-state index in [1.54, 1.807) is 13.0 Å². The topological polar surface area (TPSA) is 148 Å². The van der Waals surface area contributed by atoms with Gasteiger partial charge in [0.25, 0.3) is 17.5 Å². The molecule has 0 aromatic heterocycles. The van der Waals surface area contributed by atoms with Gasteiger partial charge in [-0.15, -0.1) is 0 Å². The number of imide groups is 1. The number of nitrogens with zero attached hydrogens (tertiary/aromatic N) is 2. The Balaban J connectivity index is 2.12. The van der Waals surface area contributed by atoms with Gasteiger partial charge in [0.1, 0.15) is 5.56 Å². The van der Waals surface area contributed by atoms with Crippen LogP contribution in [-0.4, -0.2) is 46.5 Å². The molecule has 0 fully saturated rings. The number of ether oxygens (including phenoxy) is 2. The number of carbonyl (C=O) groups excluding carboxylic acids is 3. The molecule has 0 spiro atoms. The fourth-order valence-electron chi connectivity index (χ4n) is 3.47. The fraction of sp³-hybridized carbons (Fsp3) is 0.250. The molecule has 2 aromatic rings. The Bertz CT molecular complexity index is 1070. The minimum atomic E-state index is -1.16. The van der Waals surface area contributed by atoms with Crippen molar-refractivity contribution < 1.29 is 34.0 Å². The molecule has 2 N–H and O–H groups in total. The standard InChI is InChI=1S/C20H19N3O8/c1-3-31-16-9-11(7-8-15(16)30-2)14(10-17(24)21-27)22-19(25)12-5-4-6-13(23(28)29)18(12)20(22)26/h4-9,14,27H,3,10H2,1-2H3,(H,21,24). The molecule has 1 heterocycles. The van der Waals surface area contributed by atoms with Crippen LogP contribution in [0, 0.1) is 10.1 Å². The van der Waals surface area contributed by atoms with E-state index in [1.165, 1.54) is 36.9 Å². The lowest BCUT2D eigenvalue weighted by Gasteiger charge is -2.26. The zero-order valence-electron chi connectivity index (χ0n) is 16.7. The van der Waals surface area contributed by atoms with E-state index in [2.05, 4.69) is 0 Å². The first-order valence-electron chi connectivity index (χ1n) is 9.22. The first kappa shape index (κ1) is 21.7. The quantitative estimate of drug-likeness (QED) is 0.281. The maximum Gasteiger partial charge on any atom is 0.282 e. The minimum absolute atomic E-state index is 0.132. The summed E-state index contributed by atoms with van der Waals surface area (Å²) in [5.41, 5.74) is 0.837. The Kier molecular flexibility index (Phi) is 6.16. The Labute approximate surface area is 176 Å². The molecule has 2 aromatic carbocycles. The van der Waals surface area contributed by atoms with Crippen molar-refractivity contribution in [3.8, 4) is 11.5 Å². The van der Waals surface area contributed by atoms with Crippen LogP contribution in [0.1, 0.15) is 45.7 Å². The van der Waals surface area contributed by atoms with Crippen LogP contribution in [0.5, 0.6) is 11.5 Å². The molecular weight excluding hydrogens is 410 g/mol. The van der Waals surface area contributed by atoms with Gasteiger partial charge >= 0.3 is 0 Å². The largest absolute Gasteiger partial charge is 0.493 e. The normalized spacial score (nSPS) is 13.6. The maximum absolute atomic E-state index is 13.1. The molecule has 0 bridgehead atoms. The molecule has 0 saturated carbocycles. The number of nitro benzene ring substituents is 1. The van der Waals surface area contributed by atoms with Crippen molar-refractivity contribution in [3.05, 3.63) is 63.2 Å². The lowest BCUT2D eigenvalue weighted by molar-refractivity contribution is -0.385. The molecule has 1 aliphatic heterocycles. The second-order valence-corrected chi connectivity index (χ2v) is 6.54. The second-order valence-electron chi connectivity index (χ2n) is 6.54. The summed E-state index contributed by atoms with van der Waals surface area (Å²) in [6.45, 7) is 2.06. The van der Waals surface area contributed by atoms with Crippen LogP contribution < -0.4 is 15.0 Å². The minimum Gasteiger partial charge on any atom is -0.493 e. The highest BCUT2D eigenvalue weighted by atomic mass is 16.6. The lowest BCUT2D eigenvalue weighted by atomic mass is 10.0. The molecule has 11 heteroatoms. The molecule has 1 aliphatic rings. The highest BCUT2D eigenvalue weighted by molar-refractivity contribution is 6.23. The number of rotatable bonds is 8. The van der Waals surface area contributed by atoms with Gasteiger partial charge in [0.2, 0.25) is 5.91 Å². The van der Waals surface area contributed by atoms with E-state index in [1.807, 2.05) is 0 Å². The zero-order chi connectivity index (χ0) is 22.7. The average molecular weight is 429 g/mol. The number of fused-ring (bicyclic) bond motifs is 1. The van der Waals surface area contributed by atoms with Gasteiger partial charge in [-0.25, -0.2) is 5.48 Å². The van der Waals surface area contributed by atoms with Crippen molar-refractivity contribution >= 4 is 23.4 Å². The third-order valence-corrected chi connectivity index (χ3v) is 4.81. The van der Waals surface area contributed by atoms with Crippen molar-refractivity contribution in [2.45, 2.75) is 19.4 Å². The summed E-state index contributed by atoms with van der Waals surface area (Å²) < 4.78 is 10.8. The van der Waals surface area contributed by atoms with Gasteiger partial charge in [-0.3, -0.25) is 34.6 Å². The molecule has 162 valence electrons. The summed E-state index contributed by atoms with van der Waals surface area (Å²) in [4.78, 5) is 49.5. The van der Waals surface area contributed by atoms with Gasteiger partial charge in [0.15, 0.2) is 11.5 Å². The second kappa shape index (κ2) is 8.79. The number of hydrogen-bond donors (Lipinski definition) is 2. The maximum atomic E-state index is 13.1. The van der Waals surface area contributed by atoms with Gasteiger partial charge in [0.05, 0.1) is 36.7 Å². The summed E-state index contributed by atoms with van der Waals surface area (Å²) in [7, 11) is 1.44. The van der Waals surface area contributed by atoms with Crippen molar-refractivity contribution in [3.63, 3.8) is 0 Å². The van der Waals surface area contributed by atoms with E-state index >= 15 is 0 Å². The molecule has 0 aliphatic carbocycles. The van der Waals surface area contributed by atoms with E-state index in [-0.39, 0.29) is 11.1 Å². The van der Waals surface area contributed by atoms with Crippen molar-refractivity contribution in [1.82, 2.24) is 10.4 Å². The number of carbonyl (C=O) groups is 3. The predicted molar refractivity (Wildman–Crippen MR) is 105 cm³/mol. The van der Waals surface area contributed by atoms with Crippen LogP contribution in [0.3, 0.4) is 0 Å². The number of nitrogens with one attached hydrogen (secondary N) is 1. The van der Waals surface area contributed by atoms with Crippen LogP contribution in [0.25, 0.3) is 0 Å². The molecule has 0 radical (unpaired) electrons. The van der Waals surface area contributed by atoms with Gasteiger partial charge in [0, 0.05) is 6.07 Å². The van der Waals surface area contributed by atoms with Gasteiger partial charge in [-0.2, -0.15) is 0 Å². The van der Waals surface area contributed by atoms with E-state index < -0.39 is 40.8 Å². The summed E-state index contributed by atoms with van der Waals surface area (Å²) in [5, 5.41) is 20.4. The third-order valence-electron chi connectivity index (χ3n) is 4.81. The van der Waals surface area contributed by atoms with E-state index in [0.717, 1.165) is 11.0 Å². The zero-order valence-corrected chi connectivity index (χ0v) is 16.7. The highest BCUT2D eigenvalue weighted by Gasteiger charge is 2.45. The van der Waals surface area contributed by atoms with E-state index in [0.29, 0.717) is 23.7 Å². The molecule has 31 heavy (non-hydrogen) atoms. The number of hydroxylamine groups is 1. The SMILES string of the molecule is CCOc1cc(C(CC(=O)NO)N2C(=O)c3cccc([N+](=O)[O-])c3C2=O)ccc1OC. The predicted octanol–water partition coefficient (Wildman–Crippen LogP) is 2.23. The third kappa shape index (κ3) is 3.90. The molecule has 11 nitrogen and oxygen atoms in total. The molecular formula is C20H19N3O8.